The van der Waals surface area contributed by atoms with E-state index in [1.54, 1.807) is 7.22 Å². The molecule has 0 aromatic heterocycles. The monoisotopic (exact) mass is 340 g/mol. The number of aryl methyl sites for hydroxylation is 4. The van der Waals surface area contributed by atoms with Crippen LogP contribution in [0.25, 0.3) is 0 Å². The Morgan fingerprint density at radius 2 is 0.882 bits per heavy atom. The topological polar surface area (TPSA) is 0 Å². The van der Waals surface area contributed by atoms with Crippen LogP contribution in [0.2, 0.25) is 0 Å². The van der Waals surface area contributed by atoms with E-state index in [9.17, 15) is 0 Å². The predicted octanol–water partition coefficient (Wildman–Crippen LogP) is 2.58. The molecule has 1 heteroatoms. The molecule has 88 valence electrons. The van der Waals surface area contributed by atoms with Crippen molar-refractivity contribution >= 4 is 28.1 Å². The second-order valence-corrected chi connectivity index (χ2v) is 7.46. The van der Waals surface area contributed by atoms with Gasteiger partial charge in [0.1, 0.15) is 0 Å². The van der Waals surface area contributed by atoms with Crippen molar-refractivity contribution in [1.29, 1.82) is 0 Å². The molecule has 0 heterocycles. The molecule has 0 atom stereocenters. The van der Waals surface area contributed by atoms with Gasteiger partial charge in [0.05, 0.1) is 0 Å². The van der Waals surface area contributed by atoms with Gasteiger partial charge in [0.2, 0.25) is 0 Å². The molecule has 0 bridgehead atoms. The Labute approximate surface area is 114 Å². The maximum absolute atomic E-state index is 2.24. The minimum absolute atomic E-state index is 0.260. The molecular formula is C16H18Te. The zero-order valence-electron chi connectivity index (χ0n) is 10.9. The zero-order valence-corrected chi connectivity index (χ0v) is 13.2. The summed E-state index contributed by atoms with van der Waals surface area (Å²) in [4.78, 5) is 0. The summed E-state index contributed by atoms with van der Waals surface area (Å²) in [6.07, 6.45) is 0. The molecule has 0 nitrogen and oxygen atoms in total. The van der Waals surface area contributed by atoms with Crippen molar-refractivity contribution in [2.45, 2.75) is 27.7 Å². The Kier molecular flexibility index (Phi) is 3.92. The van der Waals surface area contributed by atoms with Gasteiger partial charge in [0.15, 0.2) is 0 Å². The number of rotatable bonds is 2. The summed E-state index contributed by atoms with van der Waals surface area (Å²) in [7, 11) is 0. The summed E-state index contributed by atoms with van der Waals surface area (Å²) < 4.78 is 3.21. The van der Waals surface area contributed by atoms with Crippen LogP contribution in [0.3, 0.4) is 0 Å². The molecule has 0 aliphatic rings. The molecule has 0 aliphatic carbocycles. The van der Waals surface area contributed by atoms with Crippen LogP contribution in [-0.4, -0.2) is 20.9 Å². The third kappa shape index (κ3) is 2.73. The van der Waals surface area contributed by atoms with Crippen LogP contribution in [0.15, 0.2) is 36.4 Å². The van der Waals surface area contributed by atoms with Crippen LogP contribution in [-0.2, 0) is 0 Å². The minimum atomic E-state index is -0.260. The second kappa shape index (κ2) is 5.25. The van der Waals surface area contributed by atoms with Gasteiger partial charge in [-0.2, -0.15) is 0 Å². The average molecular weight is 338 g/mol. The van der Waals surface area contributed by atoms with E-state index in [4.69, 9.17) is 0 Å². The Morgan fingerprint density at radius 1 is 0.588 bits per heavy atom. The van der Waals surface area contributed by atoms with E-state index >= 15 is 0 Å². The Bertz CT molecular complexity index is 451. The molecule has 2 aromatic rings. The van der Waals surface area contributed by atoms with Gasteiger partial charge in [-0.05, 0) is 0 Å². The predicted molar refractivity (Wildman–Crippen MR) is 76.9 cm³/mol. The Morgan fingerprint density at radius 3 is 1.18 bits per heavy atom. The summed E-state index contributed by atoms with van der Waals surface area (Å²) in [5.74, 6) is 0. The van der Waals surface area contributed by atoms with Gasteiger partial charge < -0.3 is 0 Å². The van der Waals surface area contributed by atoms with Crippen LogP contribution < -0.4 is 7.22 Å². The third-order valence-corrected chi connectivity index (χ3v) is 7.86. The summed E-state index contributed by atoms with van der Waals surface area (Å²) in [6, 6.07) is 13.3. The van der Waals surface area contributed by atoms with Crippen molar-refractivity contribution in [3.8, 4) is 0 Å². The summed E-state index contributed by atoms with van der Waals surface area (Å²) >= 11 is -0.260. The number of hydrogen-bond acceptors (Lipinski definition) is 0. The van der Waals surface area contributed by atoms with E-state index in [0.717, 1.165) is 0 Å². The van der Waals surface area contributed by atoms with Crippen molar-refractivity contribution in [2.75, 3.05) is 0 Å². The average Bonchev–Trinajstić information content (AvgIpc) is 2.27. The van der Waals surface area contributed by atoms with E-state index in [2.05, 4.69) is 64.1 Å². The molecule has 0 saturated heterocycles. The first-order valence-corrected chi connectivity index (χ1v) is 8.23. The zero-order chi connectivity index (χ0) is 12.4. The SMILES string of the molecule is Cc1cccc(C)c1[Te]c1c(C)cccc1C. The summed E-state index contributed by atoms with van der Waals surface area (Å²) in [6.45, 7) is 8.95. The Balaban J connectivity index is 2.45. The standard InChI is InChI=1S/C16H18Te/c1-11-7-5-8-12(2)15(11)17-16-13(3)9-6-10-14(16)4/h5-10H,1-4H3. The Hall–Kier alpha value is -0.770. The molecule has 0 N–H and O–H groups in total. The van der Waals surface area contributed by atoms with E-state index in [0.29, 0.717) is 0 Å². The molecule has 0 saturated carbocycles. The molecule has 2 rings (SSSR count). The normalized spacial score (nSPS) is 10.6. The molecule has 17 heavy (non-hydrogen) atoms. The van der Waals surface area contributed by atoms with Gasteiger partial charge in [-0.15, -0.1) is 0 Å². The summed E-state index contributed by atoms with van der Waals surface area (Å²) in [5, 5.41) is 0. The molecular weight excluding hydrogens is 320 g/mol. The van der Waals surface area contributed by atoms with Crippen LogP contribution in [0, 0.1) is 27.7 Å². The van der Waals surface area contributed by atoms with Crippen molar-refractivity contribution in [3.63, 3.8) is 0 Å². The van der Waals surface area contributed by atoms with Crippen LogP contribution in [0.4, 0.5) is 0 Å². The fourth-order valence-corrected chi connectivity index (χ4v) is 5.22. The first kappa shape index (κ1) is 12.7. The third-order valence-electron chi connectivity index (χ3n) is 3.02. The molecule has 0 unspecified atom stereocenters. The first-order chi connectivity index (χ1) is 8.09. The molecule has 0 amide bonds. The van der Waals surface area contributed by atoms with Crippen molar-refractivity contribution in [1.82, 2.24) is 0 Å². The van der Waals surface area contributed by atoms with Gasteiger partial charge in [0, 0.05) is 0 Å². The van der Waals surface area contributed by atoms with Gasteiger partial charge in [0.25, 0.3) is 0 Å². The molecule has 0 radical (unpaired) electrons. The molecule has 0 fully saturated rings. The van der Waals surface area contributed by atoms with Crippen LogP contribution in [0.5, 0.6) is 0 Å². The number of benzene rings is 2. The van der Waals surface area contributed by atoms with Crippen molar-refractivity contribution < 1.29 is 0 Å². The molecule has 0 aliphatic heterocycles. The maximum atomic E-state index is 2.24. The second-order valence-electron chi connectivity index (χ2n) is 4.54. The van der Waals surface area contributed by atoms with Gasteiger partial charge >= 0.3 is 114 Å². The van der Waals surface area contributed by atoms with Crippen molar-refractivity contribution in [2.24, 2.45) is 0 Å². The van der Waals surface area contributed by atoms with E-state index < -0.39 is 0 Å². The molecule has 0 spiro atoms. The van der Waals surface area contributed by atoms with Gasteiger partial charge in [-0.1, -0.05) is 0 Å². The fraction of sp³-hybridized carbons (Fsp3) is 0.250. The fourth-order valence-electron chi connectivity index (χ4n) is 2.02. The van der Waals surface area contributed by atoms with Crippen molar-refractivity contribution in [3.05, 3.63) is 58.7 Å². The van der Waals surface area contributed by atoms with Gasteiger partial charge in [-0.25, -0.2) is 0 Å². The van der Waals surface area contributed by atoms with E-state index in [1.165, 1.54) is 22.3 Å². The van der Waals surface area contributed by atoms with Crippen LogP contribution >= 0.6 is 0 Å². The van der Waals surface area contributed by atoms with E-state index in [1.807, 2.05) is 0 Å². The summed E-state index contributed by atoms with van der Waals surface area (Å²) in [5.41, 5.74) is 5.82. The molecule has 2 aromatic carbocycles. The quantitative estimate of drug-likeness (QED) is 0.739. The van der Waals surface area contributed by atoms with Crippen LogP contribution in [0.1, 0.15) is 22.3 Å². The first-order valence-electron chi connectivity index (χ1n) is 5.90. The number of hydrogen-bond donors (Lipinski definition) is 0. The van der Waals surface area contributed by atoms with Gasteiger partial charge in [-0.3, -0.25) is 0 Å². The van der Waals surface area contributed by atoms with E-state index in [-0.39, 0.29) is 20.9 Å².